The number of halogens is 1. The minimum absolute atomic E-state index is 0.103. The second-order valence-corrected chi connectivity index (χ2v) is 9.39. The number of rotatable bonds is 7. The standard InChI is InChI=1S/C24H26ClN5O2S/c1-5-6-9-26-21(31)12-18-13-33-24-27-16(4)22(23(32)29(18)24)19-10-15(3)30(28-19)20-11-17(25)8-7-14(20)2/h7-8,10-11,13H,5-6,9,12H2,1-4H3,(H,26,31). The molecule has 4 aromatic rings. The van der Waals surface area contributed by atoms with E-state index in [9.17, 15) is 9.59 Å². The predicted octanol–water partition coefficient (Wildman–Crippen LogP) is 4.65. The summed E-state index contributed by atoms with van der Waals surface area (Å²) >= 11 is 7.57. The van der Waals surface area contributed by atoms with E-state index in [1.165, 1.54) is 15.7 Å². The van der Waals surface area contributed by atoms with E-state index in [2.05, 4.69) is 17.2 Å². The largest absolute Gasteiger partial charge is 0.356 e. The summed E-state index contributed by atoms with van der Waals surface area (Å²) in [4.78, 5) is 31.1. The highest BCUT2D eigenvalue weighted by Crippen LogP contribution is 2.26. The zero-order valence-electron chi connectivity index (χ0n) is 19.1. The van der Waals surface area contributed by atoms with Crippen molar-refractivity contribution in [2.75, 3.05) is 6.54 Å². The number of carbonyl (C=O) groups is 1. The number of thiazole rings is 1. The number of benzene rings is 1. The summed E-state index contributed by atoms with van der Waals surface area (Å²) in [6, 6.07) is 7.51. The van der Waals surface area contributed by atoms with Gasteiger partial charge in [-0.15, -0.1) is 11.3 Å². The van der Waals surface area contributed by atoms with E-state index < -0.39 is 0 Å². The first-order valence-corrected chi connectivity index (χ1v) is 12.2. The second-order valence-electron chi connectivity index (χ2n) is 8.12. The highest BCUT2D eigenvalue weighted by Gasteiger charge is 2.20. The molecule has 1 N–H and O–H groups in total. The molecule has 0 atom stereocenters. The van der Waals surface area contributed by atoms with Crippen molar-refractivity contribution >= 4 is 33.8 Å². The Balaban J connectivity index is 1.77. The quantitative estimate of drug-likeness (QED) is 0.388. The van der Waals surface area contributed by atoms with Gasteiger partial charge in [0.1, 0.15) is 5.69 Å². The van der Waals surface area contributed by atoms with E-state index in [0.29, 0.717) is 39.2 Å². The molecule has 0 unspecified atom stereocenters. The summed E-state index contributed by atoms with van der Waals surface area (Å²) < 4.78 is 3.32. The Hall–Kier alpha value is -2.97. The van der Waals surface area contributed by atoms with Crippen LogP contribution in [0.1, 0.15) is 42.4 Å². The number of carbonyl (C=O) groups excluding carboxylic acids is 1. The summed E-state index contributed by atoms with van der Waals surface area (Å²) in [5.74, 6) is -0.103. The molecule has 0 radical (unpaired) electrons. The van der Waals surface area contributed by atoms with Crippen LogP contribution in [0.5, 0.6) is 0 Å². The highest BCUT2D eigenvalue weighted by molar-refractivity contribution is 7.15. The monoisotopic (exact) mass is 483 g/mol. The molecule has 0 aliphatic heterocycles. The number of aryl methyl sites for hydroxylation is 3. The van der Waals surface area contributed by atoms with Crippen LogP contribution in [0.2, 0.25) is 5.02 Å². The van der Waals surface area contributed by atoms with Crippen molar-refractivity contribution in [3.05, 3.63) is 67.7 Å². The number of nitrogens with zero attached hydrogens (tertiary/aromatic N) is 4. The van der Waals surface area contributed by atoms with Gasteiger partial charge in [0.05, 0.1) is 23.4 Å². The molecule has 3 aromatic heterocycles. The van der Waals surface area contributed by atoms with Crippen LogP contribution in [0.25, 0.3) is 21.9 Å². The van der Waals surface area contributed by atoms with Crippen LogP contribution in [0, 0.1) is 20.8 Å². The van der Waals surface area contributed by atoms with Gasteiger partial charge in [-0.05, 0) is 51.0 Å². The third kappa shape index (κ3) is 4.58. The lowest BCUT2D eigenvalue weighted by Gasteiger charge is -2.09. The van der Waals surface area contributed by atoms with E-state index in [-0.39, 0.29) is 17.9 Å². The molecule has 0 saturated carbocycles. The summed E-state index contributed by atoms with van der Waals surface area (Å²) in [6.07, 6.45) is 2.06. The van der Waals surface area contributed by atoms with Crippen molar-refractivity contribution in [1.29, 1.82) is 0 Å². The molecule has 9 heteroatoms. The number of amides is 1. The molecule has 0 fully saturated rings. The number of hydrogen-bond donors (Lipinski definition) is 1. The third-order valence-electron chi connectivity index (χ3n) is 5.56. The van der Waals surface area contributed by atoms with Gasteiger partial charge in [-0.3, -0.25) is 14.0 Å². The topological polar surface area (TPSA) is 81.3 Å². The number of nitrogens with one attached hydrogen (secondary N) is 1. The molecule has 0 aliphatic rings. The van der Waals surface area contributed by atoms with Crippen molar-refractivity contribution in [2.24, 2.45) is 0 Å². The van der Waals surface area contributed by atoms with Gasteiger partial charge in [0, 0.05) is 28.3 Å². The van der Waals surface area contributed by atoms with E-state index in [0.717, 1.165) is 29.8 Å². The SMILES string of the molecule is CCCCNC(=O)Cc1csc2nc(C)c(-c3cc(C)n(-c4cc(Cl)ccc4C)n3)c(=O)n12. The molecule has 0 bridgehead atoms. The fourth-order valence-corrected chi connectivity index (χ4v) is 4.90. The number of unbranched alkanes of at least 4 members (excludes halogenated alkanes) is 1. The smallest absolute Gasteiger partial charge is 0.268 e. The van der Waals surface area contributed by atoms with Crippen LogP contribution in [-0.4, -0.2) is 31.6 Å². The Morgan fingerprint density at radius 1 is 1.21 bits per heavy atom. The molecule has 0 saturated heterocycles. The summed E-state index contributed by atoms with van der Waals surface area (Å²) in [6.45, 7) is 8.45. The normalized spacial score (nSPS) is 11.3. The van der Waals surface area contributed by atoms with Gasteiger partial charge in [-0.1, -0.05) is 31.0 Å². The molecule has 1 amide bonds. The van der Waals surface area contributed by atoms with Gasteiger partial charge >= 0.3 is 0 Å². The Labute approximate surface area is 201 Å². The first-order chi connectivity index (χ1) is 15.8. The Kier molecular flexibility index (Phi) is 6.67. The van der Waals surface area contributed by atoms with Gasteiger partial charge in [0.25, 0.3) is 5.56 Å². The number of hydrogen-bond acceptors (Lipinski definition) is 5. The van der Waals surface area contributed by atoms with Crippen molar-refractivity contribution in [3.63, 3.8) is 0 Å². The molecule has 4 rings (SSSR count). The maximum atomic E-state index is 13.6. The molecular formula is C24H26ClN5O2S. The zero-order chi connectivity index (χ0) is 23.7. The molecule has 3 heterocycles. The molecule has 33 heavy (non-hydrogen) atoms. The fourth-order valence-electron chi connectivity index (χ4n) is 3.81. The zero-order valence-corrected chi connectivity index (χ0v) is 20.7. The maximum Gasteiger partial charge on any atom is 0.268 e. The number of aromatic nitrogens is 4. The summed E-state index contributed by atoms with van der Waals surface area (Å²) in [5.41, 5.74) is 4.74. The van der Waals surface area contributed by atoms with Crippen molar-refractivity contribution in [2.45, 2.75) is 47.0 Å². The van der Waals surface area contributed by atoms with E-state index in [1.54, 1.807) is 4.68 Å². The van der Waals surface area contributed by atoms with Gasteiger partial charge in [0.2, 0.25) is 5.91 Å². The predicted molar refractivity (Wildman–Crippen MR) is 133 cm³/mol. The van der Waals surface area contributed by atoms with E-state index >= 15 is 0 Å². The molecular weight excluding hydrogens is 458 g/mol. The van der Waals surface area contributed by atoms with Gasteiger partial charge in [-0.25, -0.2) is 9.67 Å². The second kappa shape index (κ2) is 9.49. The van der Waals surface area contributed by atoms with Gasteiger partial charge < -0.3 is 5.32 Å². The maximum absolute atomic E-state index is 13.6. The lowest BCUT2D eigenvalue weighted by atomic mass is 10.1. The first-order valence-electron chi connectivity index (χ1n) is 10.9. The molecule has 1 aromatic carbocycles. The minimum Gasteiger partial charge on any atom is -0.356 e. The van der Waals surface area contributed by atoms with Gasteiger partial charge in [-0.2, -0.15) is 5.10 Å². The fraction of sp³-hybridized carbons (Fsp3) is 0.333. The Morgan fingerprint density at radius 3 is 2.76 bits per heavy atom. The Bertz CT molecular complexity index is 1400. The van der Waals surface area contributed by atoms with Crippen LogP contribution in [-0.2, 0) is 11.2 Å². The van der Waals surface area contributed by atoms with Crippen LogP contribution in [0.3, 0.4) is 0 Å². The highest BCUT2D eigenvalue weighted by atomic mass is 35.5. The minimum atomic E-state index is -0.220. The number of fused-ring (bicyclic) bond motifs is 1. The summed E-state index contributed by atoms with van der Waals surface area (Å²) in [7, 11) is 0. The van der Waals surface area contributed by atoms with Crippen LogP contribution in [0.4, 0.5) is 0 Å². The van der Waals surface area contributed by atoms with Crippen LogP contribution >= 0.6 is 22.9 Å². The average molecular weight is 484 g/mol. The molecule has 7 nitrogen and oxygen atoms in total. The van der Waals surface area contributed by atoms with Crippen molar-refractivity contribution in [3.8, 4) is 16.9 Å². The molecule has 0 aliphatic carbocycles. The van der Waals surface area contributed by atoms with Crippen LogP contribution < -0.4 is 10.9 Å². The summed E-state index contributed by atoms with van der Waals surface area (Å²) in [5, 5.41) is 10.1. The third-order valence-corrected chi connectivity index (χ3v) is 6.67. The first kappa shape index (κ1) is 23.2. The van der Waals surface area contributed by atoms with Crippen LogP contribution in [0.15, 0.2) is 34.4 Å². The average Bonchev–Trinajstić information content (AvgIpc) is 3.33. The van der Waals surface area contributed by atoms with Crippen molar-refractivity contribution < 1.29 is 4.79 Å². The van der Waals surface area contributed by atoms with Crippen molar-refractivity contribution in [1.82, 2.24) is 24.5 Å². The van der Waals surface area contributed by atoms with E-state index in [4.69, 9.17) is 16.7 Å². The molecule has 0 spiro atoms. The Morgan fingerprint density at radius 2 is 2.00 bits per heavy atom. The van der Waals surface area contributed by atoms with Gasteiger partial charge in [0.15, 0.2) is 4.96 Å². The lowest BCUT2D eigenvalue weighted by molar-refractivity contribution is -0.120. The lowest BCUT2D eigenvalue weighted by Crippen LogP contribution is -2.28. The molecule has 172 valence electrons. The van der Waals surface area contributed by atoms with E-state index in [1.807, 2.05) is 50.4 Å².